The number of halogens is 1. The molecule has 1 aromatic rings. The molecule has 1 fully saturated rings. The zero-order valence-corrected chi connectivity index (χ0v) is 16.9. The van der Waals surface area contributed by atoms with Gasteiger partial charge >= 0.3 is 0 Å². The first-order valence-electron chi connectivity index (χ1n) is 9.94. The van der Waals surface area contributed by atoms with Crippen molar-refractivity contribution in [3.63, 3.8) is 0 Å². The first-order valence-corrected chi connectivity index (χ1v) is 10.3. The number of nitrogens with two attached hydrogens (primary N) is 1. The first-order chi connectivity index (χ1) is 13.1. The van der Waals surface area contributed by atoms with Crippen molar-refractivity contribution in [3.05, 3.63) is 22.7 Å². The summed E-state index contributed by atoms with van der Waals surface area (Å²) in [7, 11) is 0. The summed E-state index contributed by atoms with van der Waals surface area (Å²) in [4.78, 5) is 12.6. The Morgan fingerprint density at radius 1 is 1.33 bits per heavy atom. The van der Waals surface area contributed by atoms with Crippen LogP contribution in [0.1, 0.15) is 55.8 Å². The molecule has 1 saturated heterocycles. The number of nitrogens with one attached hydrogen (secondary N) is 2. The van der Waals surface area contributed by atoms with Crippen LogP contribution >= 0.6 is 11.6 Å². The Hall–Kier alpha value is -1.50. The Bertz CT molecular complexity index is 592. The third-order valence-electron chi connectivity index (χ3n) is 4.59. The van der Waals surface area contributed by atoms with E-state index in [1.54, 1.807) is 12.1 Å². The lowest BCUT2D eigenvalue weighted by Gasteiger charge is -2.24. The Balaban J connectivity index is 1.87. The molecule has 0 spiro atoms. The number of carbonyl (C=O) groups is 1. The summed E-state index contributed by atoms with van der Waals surface area (Å²) in [5.41, 5.74) is 6.71. The van der Waals surface area contributed by atoms with E-state index in [-0.39, 0.29) is 12.0 Å². The summed E-state index contributed by atoms with van der Waals surface area (Å²) in [6.45, 7) is 5.42. The summed E-state index contributed by atoms with van der Waals surface area (Å²) in [6, 6.07) is 3.20. The lowest BCUT2D eigenvalue weighted by molar-refractivity contribution is 0.0287. The number of amides is 1. The summed E-state index contributed by atoms with van der Waals surface area (Å²) in [5.74, 6) is 0.245. The molecule has 4 N–H and O–H groups in total. The zero-order valence-electron chi connectivity index (χ0n) is 16.2. The van der Waals surface area contributed by atoms with Gasteiger partial charge in [-0.25, -0.2) is 0 Å². The average Bonchev–Trinajstić information content (AvgIpc) is 2.68. The maximum Gasteiger partial charge on any atom is 0.255 e. The number of anilines is 1. The molecule has 152 valence electrons. The molecule has 0 aromatic heterocycles. The Morgan fingerprint density at radius 3 is 2.85 bits per heavy atom. The summed E-state index contributed by atoms with van der Waals surface area (Å²) in [6.07, 6.45) is 7.03. The van der Waals surface area contributed by atoms with Gasteiger partial charge in [-0.3, -0.25) is 4.79 Å². The second kappa shape index (κ2) is 12.1. The summed E-state index contributed by atoms with van der Waals surface area (Å²) in [5, 5.41) is 6.49. The van der Waals surface area contributed by atoms with Crippen molar-refractivity contribution in [2.75, 3.05) is 38.6 Å². The molecule has 0 aliphatic carbocycles. The maximum absolute atomic E-state index is 12.6. The van der Waals surface area contributed by atoms with Crippen LogP contribution in [0.3, 0.4) is 0 Å². The molecule has 1 amide bonds. The van der Waals surface area contributed by atoms with E-state index in [4.69, 9.17) is 26.8 Å². The monoisotopic (exact) mass is 397 g/mol. The van der Waals surface area contributed by atoms with Gasteiger partial charge in [0.25, 0.3) is 5.91 Å². The zero-order chi connectivity index (χ0) is 19.5. The molecule has 2 rings (SSSR count). The highest BCUT2D eigenvalue weighted by molar-refractivity contribution is 6.33. The third-order valence-corrected chi connectivity index (χ3v) is 4.92. The van der Waals surface area contributed by atoms with Gasteiger partial charge in [-0.2, -0.15) is 0 Å². The fourth-order valence-corrected chi connectivity index (χ4v) is 3.15. The smallest absolute Gasteiger partial charge is 0.255 e. The second-order valence-corrected chi connectivity index (χ2v) is 7.30. The van der Waals surface area contributed by atoms with Gasteiger partial charge in [0.05, 0.1) is 35.6 Å². The van der Waals surface area contributed by atoms with E-state index >= 15 is 0 Å². The van der Waals surface area contributed by atoms with Gasteiger partial charge in [-0.15, -0.1) is 0 Å². The molecule has 0 saturated carbocycles. The van der Waals surface area contributed by atoms with Gasteiger partial charge in [-0.05, 0) is 12.5 Å². The molecule has 1 unspecified atom stereocenters. The van der Waals surface area contributed by atoms with Gasteiger partial charge in [-0.1, -0.05) is 50.6 Å². The number of rotatable bonds is 11. The molecule has 0 bridgehead atoms. The fraction of sp³-hybridized carbons (Fsp3) is 0.650. The van der Waals surface area contributed by atoms with Crippen LogP contribution in [0, 0.1) is 0 Å². The van der Waals surface area contributed by atoms with Gasteiger partial charge in [0, 0.05) is 25.7 Å². The van der Waals surface area contributed by atoms with E-state index in [2.05, 4.69) is 17.6 Å². The highest BCUT2D eigenvalue weighted by Gasteiger charge is 2.18. The van der Waals surface area contributed by atoms with Crippen LogP contribution in [0.2, 0.25) is 5.02 Å². The van der Waals surface area contributed by atoms with Gasteiger partial charge in [0.15, 0.2) is 0 Å². The number of ether oxygens (including phenoxy) is 2. The quantitative estimate of drug-likeness (QED) is 0.393. The van der Waals surface area contributed by atoms with Crippen molar-refractivity contribution in [2.45, 2.75) is 51.6 Å². The average molecular weight is 398 g/mol. The van der Waals surface area contributed by atoms with Crippen molar-refractivity contribution < 1.29 is 14.3 Å². The highest BCUT2D eigenvalue weighted by Crippen LogP contribution is 2.29. The Labute approximate surface area is 167 Å². The van der Waals surface area contributed by atoms with E-state index in [1.807, 2.05) is 0 Å². The van der Waals surface area contributed by atoms with E-state index in [0.29, 0.717) is 41.8 Å². The van der Waals surface area contributed by atoms with Crippen LogP contribution in [0.5, 0.6) is 5.75 Å². The number of benzene rings is 1. The number of hydrogen-bond acceptors (Lipinski definition) is 5. The normalized spacial score (nSPS) is 16.9. The first kappa shape index (κ1) is 21.8. The number of nitrogen functional groups attached to an aromatic ring is 1. The minimum absolute atomic E-state index is 0.0283. The third kappa shape index (κ3) is 7.56. The standard InChI is InChI=1S/C20H32ClN3O3/c1-2-3-4-5-6-7-9-27-19-12-18(22)17(21)11-16(19)20(25)24-14-15-13-23-8-10-26-15/h11-12,15,23H,2-10,13-14,22H2,1H3,(H,24,25). The summed E-state index contributed by atoms with van der Waals surface area (Å²) >= 11 is 6.12. The molecule has 1 heterocycles. The molecule has 7 heteroatoms. The van der Waals surface area contributed by atoms with Crippen LogP contribution < -0.4 is 21.1 Å². The van der Waals surface area contributed by atoms with Crippen LogP contribution in [-0.2, 0) is 4.74 Å². The maximum atomic E-state index is 12.6. The molecule has 6 nitrogen and oxygen atoms in total. The molecule has 27 heavy (non-hydrogen) atoms. The molecule has 1 atom stereocenters. The fourth-order valence-electron chi connectivity index (χ4n) is 2.98. The van der Waals surface area contributed by atoms with E-state index in [0.717, 1.165) is 25.9 Å². The lowest BCUT2D eigenvalue weighted by Crippen LogP contribution is -2.45. The molecule has 1 aliphatic heterocycles. The molecular formula is C20H32ClN3O3. The molecule has 0 radical (unpaired) electrons. The molecular weight excluding hydrogens is 366 g/mol. The van der Waals surface area contributed by atoms with Gasteiger partial charge < -0.3 is 25.8 Å². The lowest BCUT2D eigenvalue weighted by atomic mass is 10.1. The van der Waals surface area contributed by atoms with Gasteiger partial charge in [0.1, 0.15) is 5.75 Å². The largest absolute Gasteiger partial charge is 0.493 e. The van der Waals surface area contributed by atoms with Crippen molar-refractivity contribution in [2.24, 2.45) is 0 Å². The van der Waals surface area contributed by atoms with Crippen LogP contribution in [-0.4, -0.2) is 44.9 Å². The van der Waals surface area contributed by atoms with E-state index in [9.17, 15) is 4.79 Å². The minimum atomic E-state index is -0.232. The Kier molecular flexibility index (Phi) is 9.73. The van der Waals surface area contributed by atoms with E-state index < -0.39 is 0 Å². The number of unbranched alkanes of at least 4 members (excludes halogenated alkanes) is 5. The summed E-state index contributed by atoms with van der Waals surface area (Å²) < 4.78 is 11.5. The van der Waals surface area contributed by atoms with Crippen molar-refractivity contribution >= 4 is 23.2 Å². The van der Waals surface area contributed by atoms with Crippen molar-refractivity contribution in [3.8, 4) is 5.75 Å². The second-order valence-electron chi connectivity index (χ2n) is 6.89. The van der Waals surface area contributed by atoms with E-state index in [1.165, 1.54) is 25.7 Å². The number of morpholine rings is 1. The predicted molar refractivity (Wildman–Crippen MR) is 110 cm³/mol. The van der Waals surface area contributed by atoms with Crippen LogP contribution in [0.25, 0.3) is 0 Å². The highest BCUT2D eigenvalue weighted by atomic mass is 35.5. The molecule has 1 aliphatic rings. The molecule has 1 aromatic carbocycles. The van der Waals surface area contributed by atoms with Gasteiger partial charge in [0.2, 0.25) is 0 Å². The SMILES string of the molecule is CCCCCCCCOc1cc(N)c(Cl)cc1C(=O)NCC1CNCCO1. The predicted octanol–water partition coefficient (Wildman–Crippen LogP) is 3.38. The van der Waals surface area contributed by atoms with Crippen molar-refractivity contribution in [1.29, 1.82) is 0 Å². The Morgan fingerprint density at radius 2 is 2.11 bits per heavy atom. The topological polar surface area (TPSA) is 85.6 Å². The van der Waals surface area contributed by atoms with Crippen molar-refractivity contribution in [1.82, 2.24) is 10.6 Å². The minimum Gasteiger partial charge on any atom is -0.493 e. The number of hydrogen-bond donors (Lipinski definition) is 3. The van der Waals surface area contributed by atoms with Crippen LogP contribution in [0.15, 0.2) is 12.1 Å². The number of carbonyl (C=O) groups excluding carboxylic acids is 1. The van der Waals surface area contributed by atoms with Crippen LogP contribution in [0.4, 0.5) is 5.69 Å².